The lowest BCUT2D eigenvalue weighted by Crippen LogP contribution is -2.61. The van der Waals surface area contributed by atoms with E-state index in [1.807, 2.05) is 55.4 Å². The van der Waals surface area contributed by atoms with Crippen molar-refractivity contribution in [3.63, 3.8) is 0 Å². The molecule has 0 aliphatic carbocycles. The van der Waals surface area contributed by atoms with Gasteiger partial charge in [-0.15, -0.1) is 0 Å². The number of carbonyl (C=O) groups is 12. The van der Waals surface area contributed by atoms with Crippen molar-refractivity contribution in [2.75, 3.05) is 55.4 Å². The van der Waals surface area contributed by atoms with Gasteiger partial charge in [-0.05, 0) is 93.8 Å². The van der Waals surface area contributed by atoms with Gasteiger partial charge in [-0.1, -0.05) is 110 Å². The lowest BCUT2D eigenvalue weighted by Gasteiger charge is -2.40. The zero-order valence-electron chi connectivity index (χ0n) is 57.7. The molecule has 0 aromatic heterocycles. The van der Waals surface area contributed by atoms with Crippen LogP contribution in [0.2, 0.25) is 0 Å². The van der Waals surface area contributed by atoms with Gasteiger partial charge in [0.25, 0.3) is 0 Å². The van der Waals surface area contributed by atoms with Crippen LogP contribution in [0.25, 0.3) is 0 Å². The fraction of sp³-hybridized carbons (Fsp3) is 0.812. The molecule has 0 saturated carbocycles. The van der Waals surface area contributed by atoms with E-state index in [0.29, 0.717) is 6.42 Å². The van der Waals surface area contributed by atoms with Gasteiger partial charge in [0.05, 0.1) is 18.5 Å². The van der Waals surface area contributed by atoms with E-state index in [1.54, 1.807) is 48.5 Å². The van der Waals surface area contributed by atoms with Gasteiger partial charge in [0, 0.05) is 67.6 Å². The van der Waals surface area contributed by atoms with Crippen molar-refractivity contribution >= 4 is 70.8 Å². The standard InChI is InChI=1S/C64H115N11O13/c1-24-44-41(15)54(78)46(25-2)68-56(80)45(28-26-27-29-65-43(17)76)60(84)75(23)64(88)53(40(13)14)74(22)62(86)50(33-38(9)10)73(21)61(85)49(32-37(7)8)70(18)51(77)34-66-55(79)42(16)67-57(81)47(30-35(3)4)72(20)63(87)52(39(11)12)69-58(82)48(31-36(5)6)71(19)59(44)83/h35-42,44-50,52-53,60,84H,24-34H2,1-23H3,(H,65,76)(H,66,79)(H,67,81)(H,68,80)(H,69,82). The average Bonchev–Trinajstić information content (AvgIpc) is 3.66. The zero-order valence-corrected chi connectivity index (χ0v) is 57.7. The summed E-state index contributed by atoms with van der Waals surface area (Å²) in [6.07, 6.45) is -0.289. The molecule has 12 unspecified atom stereocenters. The van der Waals surface area contributed by atoms with Crippen LogP contribution in [0.1, 0.15) is 175 Å². The largest absolute Gasteiger partial charge is 0.373 e. The van der Waals surface area contributed by atoms with Crippen molar-refractivity contribution in [3.05, 3.63) is 0 Å². The van der Waals surface area contributed by atoms with E-state index >= 15 is 4.79 Å². The Bertz CT molecular complexity index is 2380. The number of rotatable bonds is 17. The Labute approximate surface area is 526 Å². The van der Waals surface area contributed by atoms with E-state index < -0.39 is 156 Å². The number of Topliss-reactive ketones (excluding diaryl/α,β-unsaturated/α-hetero) is 1. The van der Waals surface area contributed by atoms with E-state index in [4.69, 9.17) is 0 Å². The van der Waals surface area contributed by atoms with Crippen LogP contribution in [0.4, 0.5) is 0 Å². The normalized spacial score (nSPS) is 27.3. The van der Waals surface area contributed by atoms with E-state index in [-0.39, 0.29) is 87.5 Å². The first-order chi connectivity index (χ1) is 40.7. The summed E-state index contributed by atoms with van der Waals surface area (Å²) in [5, 5.41) is 25.9. The van der Waals surface area contributed by atoms with Gasteiger partial charge < -0.3 is 61.1 Å². The Morgan fingerprint density at radius 1 is 0.511 bits per heavy atom. The minimum Gasteiger partial charge on any atom is -0.373 e. The molecule has 24 heteroatoms. The molecule has 0 spiro atoms. The van der Waals surface area contributed by atoms with E-state index in [2.05, 4.69) is 26.6 Å². The molecule has 1 rings (SSSR count). The topological polar surface area (TPSA) is 305 Å². The quantitative estimate of drug-likeness (QED) is 0.114. The fourth-order valence-electron chi connectivity index (χ4n) is 11.4. The van der Waals surface area contributed by atoms with Crippen LogP contribution >= 0.6 is 0 Å². The second-order valence-electron chi connectivity index (χ2n) is 26.9. The predicted molar refractivity (Wildman–Crippen MR) is 338 cm³/mol. The maximum absolute atomic E-state index is 15.0. The third-order valence-electron chi connectivity index (χ3n) is 16.9. The monoisotopic (exact) mass is 1250 g/mol. The van der Waals surface area contributed by atoms with Crippen LogP contribution in [-0.2, 0) is 57.5 Å². The van der Waals surface area contributed by atoms with Crippen molar-refractivity contribution in [2.24, 2.45) is 53.3 Å². The molecular formula is C64H115N11O13. The average molecular weight is 1250 g/mol. The number of ketones is 1. The highest BCUT2D eigenvalue weighted by Gasteiger charge is 2.45. The van der Waals surface area contributed by atoms with Crippen LogP contribution in [0, 0.1) is 53.3 Å². The van der Waals surface area contributed by atoms with E-state index in [0.717, 1.165) is 4.90 Å². The van der Waals surface area contributed by atoms with Crippen LogP contribution in [0.15, 0.2) is 0 Å². The van der Waals surface area contributed by atoms with Crippen molar-refractivity contribution in [3.8, 4) is 0 Å². The maximum atomic E-state index is 15.0. The Kier molecular flexibility index (Phi) is 33.6. The molecule has 1 heterocycles. The summed E-state index contributed by atoms with van der Waals surface area (Å²) in [6, 6.07) is -9.37. The smallest absolute Gasteiger partial charge is 0.247 e. The number of likely N-dealkylation sites (N-methyl/N-ethyl adjacent to an activating group) is 6. The lowest BCUT2D eigenvalue weighted by molar-refractivity contribution is -0.160. The van der Waals surface area contributed by atoms with Crippen LogP contribution in [-0.4, -0.2) is 215 Å². The SMILES string of the molecule is CCC1NC(=O)C(CCCCNC(C)=O)C(O)N(C)C(=O)C(C(C)C)N(C)C(=O)C(CC(C)C)N(C)C(=O)C(CC(C)C)N(C)C(=O)CNC(=O)C(C)NC(=O)C(CC(C)C)N(C)C(=O)C(C(C)C)NC(=O)C(CC(C)C)N(C)C(=O)C(CC)C(C)C1=O. The molecule has 504 valence electrons. The highest BCUT2D eigenvalue weighted by atomic mass is 16.3. The molecule has 1 saturated heterocycles. The summed E-state index contributed by atoms with van der Waals surface area (Å²) in [4.78, 5) is 179. The minimum absolute atomic E-state index is 0.0115. The molecule has 0 aromatic carbocycles. The van der Waals surface area contributed by atoms with Crippen molar-refractivity contribution in [2.45, 2.75) is 230 Å². The van der Waals surface area contributed by atoms with Crippen molar-refractivity contribution < 1.29 is 62.6 Å². The molecule has 11 amide bonds. The molecular weight excluding hydrogens is 1130 g/mol. The molecule has 1 fully saturated rings. The first-order valence-corrected chi connectivity index (χ1v) is 32.0. The van der Waals surface area contributed by atoms with Crippen LogP contribution in [0.3, 0.4) is 0 Å². The van der Waals surface area contributed by atoms with E-state index in [9.17, 15) is 57.8 Å². The summed E-state index contributed by atoms with van der Waals surface area (Å²) in [5.74, 6) is -12.3. The number of hydrogen-bond acceptors (Lipinski definition) is 13. The molecule has 1 aliphatic rings. The first-order valence-electron chi connectivity index (χ1n) is 32.0. The third-order valence-corrected chi connectivity index (χ3v) is 16.9. The molecule has 88 heavy (non-hydrogen) atoms. The molecule has 24 nitrogen and oxygen atoms in total. The number of aliphatic hydroxyl groups is 1. The van der Waals surface area contributed by atoms with Crippen LogP contribution < -0.4 is 26.6 Å². The minimum atomic E-state index is -1.81. The number of hydrogen-bond donors (Lipinski definition) is 6. The predicted octanol–water partition coefficient (Wildman–Crippen LogP) is 3.56. The zero-order chi connectivity index (χ0) is 68.1. The van der Waals surface area contributed by atoms with Crippen molar-refractivity contribution in [1.82, 2.24) is 56.0 Å². The van der Waals surface area contributed by atoms with Crippen molar-refractivity contribution in [1.29, 1.82) is 0 Å². The molecule has 0 bridgehead atoms. The van der Waals surface area contributed by atoms with Gasteiger partial charge in [0.2, 0.25) is 65.0 Å². The van der Waals surface area contributed by atoms with Crippen LogP contribution in [0.5, 0.6) is 0 Å². The second kappa shape index (κ2) is 37.1. The summed E-state index contributed by atoms with van der Waals surface area (Å²) >= 11 is 0. The maximum Gasteiger partial charge on any atom is 0.247 e. The number of nitrogens with one attached hydrogen (secondary N) is 5. The van der Waals surface area contributed by atoms with Gasteiger partial charge in [-0.2, -0.15) is 0 Å². The fourth-order valence-corrected chi connectivity index (χ4v) is 11.4. The number of carbonyl (C=O) groups excluding carboxylic acids is 12. The number of nitrogens with zero attached hydrogens (tertiary/aromatic N) is 6. The number of aliphatic hydroxyl groups excluding tert-OH is 1. The summed E-state index contributed by atoms with van der Waals surface area (Å²) in [5.41, 5.74) is 0. The lowest BCUT2D eigenvalue weighted by atomic mass is 9.83. The first kappa shape index (κ1) is 79.8. The summed E-state index contributed by atoms with van der Waals surface area (Å²) < 4.78 is 0. The number of amides is 11. The van der Waals surface area contributed by atoms with Gasteiger partial charge >= 0.3 is 0 Å². The second-order valence-corrected chi connectivity index (χ2v) is 26.9. The highest BCUT2D eigenvalue weighted by molar-refractivity contribution is 5.99. The van der Waals surface area contributed by atoms with E-state index in [1.165, 1.54) is 80.6 Å². The Morgan fingerprint density at radius 2 is 0.966 bits per heavy atom. The summed E-state index contributed by atoms with van der Waals surface area (Å²) in [6.45, 7) is 29.3. The molecule has 6 N–H and O–H groups in total. The molecule has 12 atom stereocenters. The Balaban J connectivity index is 4.29. The highest BCUT2D eigenvalue weighted by Crippen LogP contribution is 2.28. The molecule has 0 aromatic rings. The van der Waals surface area contributed by atoms with Gasteiger partial charge in [0.15, 0.2) is 5.78 Å². The van der Waals surface area contributed by atoms with Gasteiger partial charge in [-0.25, -0.2) is 0 Å². The molecule has 1 aliphatic heterocycles. The molecule has 0 radical (unpaired) electrons. The van der Waals surface area contributed by atoms with Gasteiger partial charge in [-0.3, -0.25) is 57.5 Å². The summed E-state index contributed by atoms with van der Waals surface area (Å²) in [7, 11) is 8.53. The Morgan fingerprint density at radius 3 is 1.42 bits per heavy atom. The number of unbranched alkanes of at least 4 members (excludes halogenated alkanes) is 1. The Hall–Kier alpha value is -6.20. The third kappa shape index (κ3) is 23.0. The van der Waals surface area contributed by atoms with Gasteiger partial charge in [0.1, 0.15) is 48.5 Å².